The van der Waals surface area contributed by atoms with Crippen LogP contribution in [0.3, 0.4) is 0 Å². The predicted molar refractivity (Wildman–Crippen MR) is 150 cm³/mol. The van der Waals surface area contributed by atoms with Crippen LogP contribution in [0.25, 0.3) is 0 Å². The summed E-state index contributed by atoms with van der Waals surface area (Å²) < 4.78 is 15.0. The van der Waals surface area contributed by atoms with Crippen LogP contribution in [0.4, 0.5) is 20.6 Å². The van der Waals surface area contributed by atoms with Crippen molar-refractivity contribution >= 4 is 40.6 Å². The second-order valence-electron chi connectivity index (χ2n) is 8.71. The number of carbonyl (C=O) groups is 2. The zero-order valence-corrected chi connectivity index (χ0v) is 21.7. The Morgan fingerprint density at radius 1 is 0.895 bits per heavy atom. The average molecular weight is 532 g/mol. The van der Waals surface area contributed by atoms with E-state index in [0.29, 0.717) is 27.7 Å². The van der Waals surface area contributed by atoms with E-state index in [-0.39, 0.29) is 12.1 Å². The van der Waals surface area contributed by atoms with E-state index in [0.717, 1.165) is 0 Å². The Kier molecular flexibility index (Phi) is 8.55. The fraction of sp³-hybridized carbons (Fsp3) is 0.138. The number of hydrogen-bond acceptors (Lipinski definition) is 4. The Morgan fingerprint density at radius 2 is 1.53 bits per heavy atom. The van der Waals surface area contributed by atoms with E-state index >= 15 is 0 Å². The molecule has 0 aliphatic heterocycles. The fourth-order valence-electron chi connectivity index (χ4n) is 3.96. The van der Waals surface area contributed by atoms with E-state index in [2.05, 4.69) is 15.7 Å². The zero-order valence-electron chi connectivity index (χ0n) is 20.9. The van der Waals surface area contributed by atoms with E-state index in [9.17, 15) is 14.0 Å². The van der Waals surface area contributed by atoms with Crippen molar-refractivity contribution in [1.29, 1.82) is 0 Å². The highest BCUT2D eigenvalue weighted by Gasteiger charge is 2.34. The summed E-state index contributed by atoms with van der Waals surface area (Å²) in [6, 6.07) is 22.7. The maximum atomic E-state index is 15.0. The second kappa shape index (κ2) is 12.2. The summed E-state index contributed by atoms with van der Waals surface area (Å²) in [5, 5.41) is 11.8. The summed E-state index contributed by atoms with van der Waals surface area (Å²) >= 11 is 6.11. The number of nitrogens with one attached hydrogen (secondary N) is 2. The number of amides is 3. The van der Waals surface area contributed by atoms with Gasteiger partial charge in [0.1, 0.15) is 11.9 Å². The summed E-state index contributed by atoms with van der Waals surface area (Å²) in [7, 11) is 3.49. The highest BCUT2D eigenvalue weighted by Crippen LogP contribution is 2.31. The van der Waals surface area contributed by atoms with Crippen LogP contribution in [0.2, 0.25) is 5.02 Å². The molecule has 0 saturated heterocycles. The average Bonchev–Trinajstić information content (AvgIpc) is 2.90. The van der Waals surface area contributed by atoms with E-state index in [1.165, 1.54) is 11.0 Å². The Hall–Kier alpha value is -4.43. The highest BCUT2D eigenvalue weighted by molar-refractivity contribution is 6.30. The SMILES string of the molecule is CN(C)N=C1C=CC(NC(=O)C(c2ccccc2)N(C(=O)Nc2ccccc2)c2ccc(Cl)cc2)=C(F)C1. The van der Waals surface area contributed by atoms with Crippen molar-refractivity contribution in [2.24, 2.45) is 5.10 Å². The molecule has 0 saturated carbocycles. The van der Waals surface area contributed by atoms with Gasteiger partial charge < -0.3 is 15.6 Å². The van der Waals surface area contributed by atoms with Gasteiger partial charge in [-0.25, -0.2) is 9.18 Å². The van der Waals surface area contributed by atoms with Crippen LogP contribution in [-0.4, -0.2) is 36.8 Å². The molecular formula is C29H27ClFN5O2. The fourth-order valence-corrected chi connectivity index (χ4v) is 4.09. The van der Waals surface area contributed by atoms with Crippen molar-refractivity contribution in [1.82, 2.24) is 10.3 Å². The number of halogens is 2. The number of hydrazone groups is 1. The van der Waals surface area contributed by atoms with Gasteiger partial charge in [0, 0.05) is 36.9 Å². The number of anilines is 2. The molecule has 0 heterocycles. The molecule has 9 heteroatoms. The van der Waals surface area contributed by atoms with Gasteiger partial charge in [0.2, 0.25) is 0 Å². The lowest BCUT2D eigenvalue weighted by molar-refractivity contribution is -0.121. The van der Waals surface area contributed by atoms with Gasteiger partial charge in [0.15, 0.2) is 0 Å². The van der Waals surface area contributed by atoms with Gasteiger partial charge in [0.05, 0.1) is 11.4 Å². The number of rotatable bonds is 7. The minimum atomic E-state index is -1.13. The Balaban J connectivity index is 1.72. The van der Waals surface area contributed by atoms with Crippen molar-refractivity contribution in [2.75, 3.05) is 24.3 Å². The second-order valence-corrected chi connectivity index (χ2v) is 9.15. The van der Waals surface area contributed by atoms with Gasteiger partial charge >= 0.3 is 6.03 Å². The molecule has 0 spiro atoms. The lowest BCUT2D eigenvalue weighted by Crippen LogP contribution is -2.45. The predicted octanol–water partition coefficient (Wildman–Crippen LogP) is 6.29. The molecule has 0 radical (unpaired) electrons. The summed E-state index contributed by atoms with van der Waals surface area (Å²) in [6.07, 6.45) is 3.06. The molecule has 0 fully saturated rings. The summed E-state index contributed by atoms with van der Waals surface area (Å²) in [4.78, 5) is 28.9. The number of benzene rings is 3. The van der Waals surface area contributed by atoms with Crippen LogP contribution in [-0.2, 0) is 4.79 Å². The largest absolute Gasteiger partial charge is 0.327 e. The third kappa shape index (κ3) is 6.66. The van der Waals surface area contributed by atoms with Crippen LogP contribution in [0.1, 0.15) is 18.0 Å². The van der Waals surface area contributed by atoms with Crippen molar-refractivity contribution in [3.8, 4) is 0 Å². The first kappa shape index (κ1) is 26.6. The molecule has 0 aromatic heterocycles. The molecule has 2 N–H and O–H groups in total. The van der Waals surface area contributed by atoms with Crippen LogP contribution < -0.4 is 15.5 Å². The van der Waals surface area contributed by atoms with Gasteiger partial charge in [-0.15, -0.1) is 0 Å². The van der Waals surface area contributed by atoms with Gasteiger partial charge in [-0.05, 0) is 54.1 Å². The zero-order chi connectivity index (χ0) is 27.1. The first-order valence-electron chi connectivity index (χ1n) is 11.9. The quantitative estimate of drug-likeness (QED) is 0.351. The molecule has 3 amide bonds. The molecule has 3 aromatic rings. The van der Waals surface area contributed by atoms with Crippen molar-refractivity contribution in [3.05, 3.63) is 119 Å². The number of para-hydroxylation sites is 1. The Morgan fingerprint density at radius 3 is 2.13 bits per heavy atom. The smallest absolute Gasteiger partial charge is 0.322 e. The first-order valence-corrected chi connectivity index (χ1v) is 12.3. The molecule has 4 rings (SSSR count). The minimum absolute atomic E-state index is 0.0214. The number of nitrogens with zero attached hydrogens (tertiary/aromatic N) is 3. The number of urea groups is 1. The number of allylic oxidation sites excluding steroid dienone is 3. The van der Waals surface area contributed by atoms with E-state index in [4.69, 9.17) is 11.6 Å². The lowest BCUT2D eigenvalue weighted by atomic mass is 10.0. The third-order valence-corrected chi connectivity index (χ3v) is 5.88. The van der Waals surface area contributed by atoms with Crippen LogP contribution in [0.5, 0.6) is 0 Å². The standard InChI is InChI=1S/C29H27ClFN5O2/c1-35(2)34-23-15-18-26(25(31)19-23)33-28(37)27(20-9-5-3-6-10-20)36(24-16-13-21(30)14-17-24)29(38)32-22-11-7-4-8-12-22/h3-18,27H,19H2,1-2H3,(H,32,38)(H,33,37). The summed E-state index contributed by atoms with van der Waals surface area (Å²) in [5.74, 6) is -1.11. The molecule has 1 unspecified atom stereocenters. The Bertz CT molecular complexity index is 1370. The van der Waals surface area contributed by atoms with Crippen LogP contribution >= 0.6 is 11.6 Å². The maximum absolute atomic E-state index is 15.0. The molecule has 0 bridgehead atoms. The molecule has 1 aliphatic carbocycles. The topological polar surface area (TPSA) is 77.0 Å². The lowest BCUT2D eigenvalue weighted by Gasteiger charge is -2.32. The number of hydrogen-bond donors (Lipinski definition) is 2. The van der Waals surface area contributed by atoms with Crippen molar-refractivity contribution in [3.63, 3.8) is 0 Å². The molecule has 1 aliphatic rings. The summed E-state index contributed by atoms with van der Waals surface area (Å²) in [6.45, 7) is 0. The molecule has 194 valence electrons. The Labute approximate surface area is 225 Å². The van der Waals surface area contributed by atoms with E-state index in [1.54, 1.807) is 98.0 Å². The van der Waals surface area contributed by atoms with Gasteiger partial charge in [-0.1, -0.05) is 60.1 Å². The van der Waals surface area contributed by atoms with Crippen LogP contribution in [0.15, 0.2) is 114 Å². The monoisotopic (exact) mass is 531 g/mol. The van der Waals surface area contributed by atoms with E-state index < -0.39 is 23.8 Å². The third-order valence-electron chi connectivity index (χ3n) is 5.63. The normalized spacial score (nSPS) is 14.7. The molecule has 3 aromatic carbocycles. The number of carbonyl (C=O) groups excluding carboxylic acids is 2. The molecular weight excluding hydrogens is 505 g/mol. The molecule has 1 atom stereocenters. The van der Waals surface area contributed by atoms with Gasteiger partial charge in [0.25, 0.3) is 5.91 Å². The van der Waals surface area contributed by atoms with Crippen molar-refractivity contribution < 1.29 is 14.0 Å². The van der Waals surface area contributed by atoms with Gasteiger partial charge in [-0.3, -0.25) is 9.69 Å². The first-order chi connectivity index (χ1) is 18.3. The van der Waals surface area contributed by atoms with Crippen molar-refractivity contribution in [2.45, 2.75) is 12.5 Å². The maximum Gasteiger partial charge on any atom is 0.327 e. The molecule has 38 heavy (non-hydrogen) atoms. The van der Waals surface area contributed by atoms with E-state index in [1.807, 2.05) is 12.1 Å². The molecule has 7 nitrogen and oxygen atoms in total. The minimum Gasteiger partial charge on any atom is -0.322 e. The van der Waals surface area contributed by atoms with Crippen LogP contribution in [0, 0.1) is 0 Å². The van der Waals surface area contributed by atoms with Gasteiger partial charge in [-0.2, -0.15) is 5.10 Å². The summed E-state index contributed by atoms with van der Waals surface area (Å²) in [5.41, 5.74) is 2.07. The highest BCUT2D eigenvalue weighted by atomic mass is 35.5.